The van der Waals surface area contributed by atoms with Gasteiger partial charge in [-0.1, -0.05) is 6.92 Å². The highest BCUT2D eigenvalue weighted by molar-refractivity contribution is 5.30. The monoisotopic (exact) mass is 276 g/mol. The Labute approximate surface area is 120 Å². The van der Waals surface area contributed by atoms with E-state index in [4.69, 9.17) is 4.74 Å². The van der Waals surface area contributed by atoms with Crippen LogP contribution in [0.25, 0.3) is 0 Å². The molecule has 0 bridgehead atoms. The smallest absolute Gasteiger partial charge is 0.144 e. The third kappa shape index (κ3) is 3.10. The quantitative estimate of drug-likeness (QED) is 0.892. The van der Waals surface area contributed by atoms with Crippen LogP contribution in [0.1, 0.15) is 38.3 Å². The van der Waals surface area contributed by atoms with Gasteiger partial charge in [0.1, 0.15) is 5.82 Å². The lowest BCUT2D eigenvalue weighted by Gasteiger charge is -2.37. The molecule has 1 aliphatic carbocycles. The first-order valence-electron chi connectivity index (χ1n) is 7.77. The molecule has 0 aromatic carbocycles. The van der Waals surface area contributed by atoms with Gasteiger partial charge in [0.15, 0.2) is 0 Å². The summed E-state index contributed by atoms with van der Waals surface area (Å²) < 4.78 is 5.85. The third-order valence-corrected chi connectivity index (χ3v) is 4.22. The van der Waals surface area contributed by atoms with Crippen LogP contribution in [0.5, 0.6) is 0 Å². The highest BCUT2D eigenvalue weighted by Gasteiger charge is 2.35. The maximum Gasteiger partial charge on any atom is 0.144 e. The first-order chi connectivity index (χ1) is 9.86. The van der Waals surface area contributed by atoms with Gasteiger partial charge >= 0.3 is 0 Å². The van der Waals surface area contributed by atoms with Gasteiger partial charge in [-0.25, -0.2) is 4.98 Å². The highest BCUT2D eigenvalue weighted by atomic mass is 16.5. The molecule has 5 nitrogen and oxygen atoms in total. The lowest BCUT2D eigenvalue weighted by atomic mass is 10.1. The average Bonchev–Trinajstić information content (AvgIpc) is 2.96. The predicted octanol–water partition coefficient (Wildman–Crippen LogP) is 2.05. The predicted molar refractivity (Wildman–Crippen MR) is 78.6 cm³/mol. The number of nitrogens with zero attached hydrogens (tertiary/aromatic N) is 3. The molecular weight excluding hydrogens is 252 g/mol. The van der Waals surface area contributed by atoms with E-state index >= 15 is 0 Å². The Hall–Kier alpha value is -1.20. The number of nitrogens with one attached hydrogen (secondary N) is 1. The first-order valence-corrected chi connectivity index (χ1v) is 7.77. The van der Waals surface area contributed by atoms with E-state index in [0.717, 1.165) is 44.2 Å². The van der Waals surface area contributed by atoms with Gasteiger partial charge in [0, 0.05) is 25.7 Å². The zero-order valence-electron chi connectivity index (χ0n) is 12.2. The zero-order valence-corrected chi connectivity index (χ0v) is 12.2. The van der Waals surface area contributed by atoms with E-state index in [1.807, 2.05) is 12.4 Å². The number of anilines is 1. The molecule has 2 heterocycles. The zero-order chi connectivity index (χ0) is 13.8. The van der Waals surface area contributed by atoms with E-state index in [2.05, 4.69) is 27.1 Å². The van der Waals surface area contributed by atoms with Crippen molar-refractivity contribution in [1.29, 1.82) is 0 Å². The van der Waals surface area contributed by atoms with Crippen LogP contribution in [0.3, 0.4) is 0 Å². The highest BCUT2D eigenvalue weighted by Crippen LogP contribution is 2.30. The SMILES string of the molecule is CCCNc1cnc(CN2CCOC3CCCC32)cn1. The van der Waals surface area contributed by atoms with Crippen molar-refractivity contribution in [3.05, 3.63) is 18.1 Å². The van der Waals surface area contributed by atoms with Crippen LogP contribution in [-0.4, -0.2) is 46.7 Å². The Morgan fingerprint density at radius 2 is 2.30 bits per heavy atom. The van der Waals surface area contributed by atoms with E-state index < -0.39 is 0 Å². The van der Waals surface area contributed by atoms with E-state index in [-0.39, 0.29) is 0 Å². The standard InChI is InChI=1S/C15H24N4O/c1-2-6-16-15-10-17-12(9-18-15)11-19-7-8-20-14-5-3-4-13(14)19/h9-10,13-14H,2-8,11H2,1H3,(H,16,18). The van der Waals surface area contributed by atoms with Crippen molar-refractivity contribution in [3.63, 3.8) is 0 Å². The summed E-state index contributed by atoms with van der Waals surface area (Å²) >= 11 is 0. The van der Waals surface area contributed by atoms with Crippen molar-refractivity contribution in [3.8, 4) is 0 Å². The molecule has 1 aromatic heterocycles. The number of rotatable bonds is 5. The molecule has 1 aliphatic heterocycles. The van der Waals surface area contributed by atoms with Gasteiger partial charge in [0.05, 0.1) is 30.8 Å². The number of hydrogen-bond acceptors (Lipinski definition) is 5. The van der Waals surface area contributed by atoms with Gasteiger partial charge in [0.25, 0.3) is 0 Å². The van der Waals surface area contributed by atoms with Gasteiger partial charge in [-0.3, -0.25) is 9.88 Å². The molecule has 2 unspecified atom stereocenters. The van der Waals surface area contributed by atoms with Crippen LogP contribution in [0.4, 0.5) is 5.82 Å². The Balaban J connectivity index is 1.59. The summed E-state index contributed by atoms with van der Waals surface area (Å²) in [6.07, 6.45) is 9.05. The summed E-state index contributed by atoms with van der Waals surface area (Å²) in [5.74, 6) is 0.872. The largest absolute Gasteiger partial charge is 0.375 e. The summed E-state index contributed by atoms with van der Waals surface area (Å²) in [4.78, 5) is 11.5. The molecule has 110 valence electrons. The molecule has 1 saturated heterocycles. The maximum absolute atomic E-state index is 5.85. The fourth-order valence-corrected chi connectivity index (χ4v) is 3.19. The van der Waals surface area contributed by atoms with Gasteiger partial charge in [-0.05, 0) is 25.7 Å². The minimum Gasteiger partial charge on any atom is -0.375 e. The Bertz CT molecular complexity index is 422. The average molecular weight is 276 g/mol. The van der Waals surface area contributed by atoms with Gasteiger partial charge < -0.3 is 10.1 Å². The van der Waals surface area contributed by atoms with Gasteiger partial charge in [-0.2, -0.15) is 0 Å². The molecule has 2 atom stereocenters. The van der Waals surface area contributed by atoms with Crippen molar-refractivity contribution in [2.45, 2.75) is 51.3 Å². The fourth-order valence-electron chi connectivity index (χ4n) is 3.19. The molecular formula is C15H24N4O. The molecule has 5 heteroatoms. The molecule has 2 aliphatic rings. The molecule has 20 heavy (non-hydrogen) atoms. The third-order valence-electron chi connectivity index (χ3n) is 4.22. The first kappa shape index (κ1) is 13.8. The minimum absolute atomic E-state index is 0.446. The second-order valence-corrected chi connectivity index (χ2v) is 5.70. The molecule has 0 spiro atoms. The topological polar surface area (TPSA) is 50.3 Å². The number of aromatic nitrogens is 2. The normalized spacial score (nSPS) is 26.4. The van der Waals surface area contributed by atoms with E-state index in [1.165, 1.54) is 19.3 Å². The van der Waals surface area contributed by atoms with Crippen molar-refractivity contribution in [2.24, 2.45) is 0 Å². The summed E-state index contributed by atoms with van der Waals surface area (Å²) in [5.41, 5.74) is 1.06. The Kier molecular flexibility index (Phi) is 4.47. The van der Waals surface area contributed by atoms with Crippen molar-refractivity contribution in [1.82, 2.24) is 14.9 Å². The summed E-state index contributed by atoms with van der Waals surface area (Å²) in [5, 5.41) is 3.25. The maximum atomic E-state index is 5.85. The number of hydrogen-bond donors (Lipinski definition) is 1. The molecule has 2 fully saturated rings. The Morgan fingerprint density at radius 1 is 1.35 bits per heavy atom. The second-order valence-electron chi connectivity index (χ2n) is 5.70. The van der Waals surface area contributed by atoms with Gasteiger partial charge in [0.2, 0.25) is 0 Å². The molecule has 0 radical (unpaired) electrons. The van der Waals surface area contributed by atoms with Crippen LogP contribution < -0.4 is 5.32 Å². The summed E-state index contributed by atoms with van der Waals surface area (Å²) in [6.45, 7) is 5.85. The summed E-state index contributed by atoms with van der Waals surface area (Å²) in [7, 11) is 0. The lowest BCUT2D eigenvalue weighted by molar-refractivity contribution is -0.0592. The number of fused-ring (bicyclic) bond motifs is 1. The van der Waals surface area contributed by atoms with Crippen LogP contribution >= 0.6 is 0 Å². The van der Waals surface area contributed by atoms with Crippen LogP contribution in [0, 0.1) is 0 Å². The molecule has 1 saturated carbocycles. The van der Waals surface area contributed by atoms with E-state index in [0.29, 0.717) is 12.1 Å². The van der Waals surface area contributed by atoms with Crippen molar-refractivity contribution in [2.75, 3.05) is 25.0 Å². The molecule has 3 rings (SSSR count). The Morgan fingerprint density at radius 3 is 3.10 bits per heavy atom. The number of ether oxygens (including phenoxy) is 1. The van der Waals surface area contributed by atoms with Crippen LogP contribution in [0.15, 0.2) is 12.4 Å². The fraction of sp³-hybridized carbons (Fsp3) is 0.733. The van der Waals surface area contributed by atoms with Crippen LogP contribution in [0.2, 0.25) is 0 Å². The minimum atomic E-state index is 0.446. The van der Waals surface area contributed by atoms with E-state index in [9.17, 15) is 0 Å². The van der Waals surface area contributed by atoms with Crippen molar-refractivity contribution >= 4 is 5.82 Å². The molecule has 1 N–H and O–H groups in total. The van der Waals surface area contributed by atoms with Gasteiger partial charge in [-0.15, -0.1) is 0 Å². The second kappa shape index (κ2) is 6.50. The lowest BCUT2D eigenvalue weighted by Crippen LogP contribution is -2.47. The molecule has 1 aromatic rings. The molecule has 0 amide bonds. The summed E-state index contributed by atoms with van der Waals surface area (Å²) in [6, 6.07) is 0.587. The van der Waals surface area contributed by atoms with Crippen molar-refractivity contribution < 1.29 is 4.74 Å². The number of morpholine rings is 1. The van der Waals surface area contributed by atoms with E-state index in [1.54, 1.807) is 0 Å². The van der Waals surface area contributed by atoms with Crippen LogP contribution in [-0.2, 0) is 11.3 Å².